The van der Waals surface area contributed by atoms with Crippen LogP contribution in [0.4, 0.5) is 8.78 Å². The molecule has 0 radical (unpaired) electrons. The second-order valence-corrected chi connectivity index (χ2v) is 4.67. The molecule has 0 aliphatic heterocycles. The average molecular weight is 278 g/mol. The number of halogens is 2. The molecular weight excluding hydrogens is 262 g/mol. The molecule has 1 atom stereocenters. The van der Waals surface area contributed by atoms with Crippen molar-refractivity contribution in [2.45, 2.75) is 20.0 Å². The van der Waals surface area contributed by atoms with Crippen LogP contribution in [0, 0.1) is 25.5 Å². The van der Waals surface area contributed by atoms with E-state index in [0.717, 1.165) is 17.2 Å². The third kappa shape index (κ3) is 2.96. The summed E-state index contributed by atoms with van der Waals surface area (Å²) in [6.45, 7) is 3.72. The Hall–Kier alpha value is -1.94. The van der Waals surface area contributed by atoms with Crippen LogP contribution >= 0.6 is 0 Å². The summed E-state index contributed by atoms with van der Waals surface area (Å²) in [4.78, 5) is 0. The second kappa shape index (κ2) is 6.01. The summed E-state index contributed by atoms with van der Waals surface area (Å²) in [5.41, 5.74) is 1.92. The van der Waals surface area contributed by atoms with Crippen LogP contribution in [-0.4, -0.2) is 11.7 Å². The van der Waals surface area contributed by atoms with Crippen molar-refractivity contribution in [3.05, 3.63) is 64.7 Å². The van der Waals surface area contributed by atoms with Gasteiger partial charge in [-0.25, -0.2) is 8.78 Å². The Balaban J connectivity index is 2.11. The van der Waals surface area contributed by atoms with Gasteiger partial charge in [0.15, 0.2) is 11.6 Å². The Kier molecular flexibility index (Phi) is 4.35. The van der Waals surface area contributed by atoms with Crippen LogP contribution in [0.2, 0.25) is 0 Å². The fourth-order valence-electron chi connectivity index (χ4n) is 1.92. The van der Waals surface area contributed by atoms with Gasteiger partial charge in [0.25, 0.3) is 0 Å². The van der Waals surface area contributed by atoms with Crippen molar-refractivity contribution in [1.82, 2.24) is 0 Å². The van der Waals surface area contributed by atoms with Gasteiger partial charge in [0.1, 0.15) is 18.5 Å². The lowest BCUT2D eigenvalue weighted by molar-refractivity contribution is 0.104. The van der Waals surface area contributed by atoms with E-state index in [9.17, 15) is 13.9 Å². The molecule has 0 aliphatic rings. The molecule has 0 bridgehead atoms. The molecule has 2 nitrogen and oxygen atoms in total. The van der Waals surface area contributed by atoms with E-state index in [0.29, 0.717) is 5.75 Å². The van der Waals surface area contributed by atoms with Gasteiger partial charge in [-0.2, -0.15) is 0 Å². The smallest absolute Gasteiger partial charge is 0.164 e. The minimum Gasteiger partial charge on any atom is -0.490 e. The summed E-state index contributed by atoms with van der Waals surface area (Å²) in [6, 6.07) is 9.27. The fourth-order valence-corrected chi connectivity index (χ4v) is 1.92. The van der Waals surface area contributed by atoms with Crippen molar-refractivity contribution in [2.24, 2.45) is 0 Å². The molecule has 20 heavy (non-hydrogen) atoms. The molecule has 0 saturated carbocycles. The van der Waals surface area contributed by atoms with Gasteiger partial charge in [-0.15, -0.1) is 0 Å². The minimum atomic E-state index is -1.22. The van der Waals surface area contributed by atoms with E-state index in [1.54, 1.807) is 6.07 Å². The van der Waals surface area contributed by atoms with Gasteiger partial charge in [0, 0.05) is 5.56 Å². The topological polar surface area (TPSA) is 29.5 Å². The maximum atomic E-state index is 13.5. The minimum absolute atomic E-state index is 0.102. The lowest BCUT2D eigenvalue weighted by Crippen LogP contribution is -2.12. The van der Waals surface area contributed by atoms with Gasteiger partial charge >= 0.3 is 0 Å². The van der Waals surface area contributed by atoms with E-state index >= 15 is 0 Å². The molecule has 106 valence electrons. The molecule has 0 fully saturated rings. The van der Waals surface area contributed by atoms with Gasteiger partial charge in [-0.1, -0.05) is 24.3 Å². The highest BCUT2D eigenvalue weighted by Gasteiger charge is 2.16. The highest BCUT2D eigenvalue weighted by atomic mass is 19.2. The zero-order chi connectivity index (χ0) is 14.7. The third-order valence-corrected chi connectivity index (χ3v) is 3.29. The first-order valence-corrected chi connectivity index (χ1v) is 6.31. The summed E-state index contributed by atoms with van der Waals surface area (Å²) < 4.78 is 32.1. The van der Waals surface area contributed by atoms with Crippen molar-refractivity contribution < 1.29 is 18.6 Å². The zero-order valence-electron chi connectivity index (χ0n) is 11.4. The van der Waals surface area contributed by atoms with Crippen LogP contribution in [0.15, 0.2) is 36.4 Å². The van der Waals surface area contributed by atoms with E-state index in [-0.39, 0.29) is 12.2 Å². The van der Waals surface area contributed by atoms with Crippen LogP contribution < -0.4 is 4.74 Å². The maximum absolute atomic E-state index is 13.5. The van der Waals surface area contributed by atoms with Crippen molar-refractivity contribution in [3.8, 4) is 5.75 Å². The molecule has 2 aromatic carbocycles. The van der Waals surface area contributed by atoms with Crippen molar-refractivity contribution >= 4 is 0 Å². The molecule has 2 rings (SSSR count). The second-order valence-electron chi connectivity index (χ2n) is 4.67. The number of aliphatic hydroxyl groups is 1. The Labute approximate surface area is 116 Å². The highest BCUT2D eigenvalue weighted by Crippen LogP contribution is 2.24. The van der Waals surface area contributed by atoms with Crippen LogP contribution in [0.25, 0.3) is 0 Å². The molecule has 4 heteroatoms. The Morgan fingerprint density at radius 2 is 1.80 bits per heavy atom. The third-order valence-electron chi connectivity index (χ3n) is 3.29. The summed E-state index contributed by atoms with van der Waals surface area (Å²) in [7, 11) is 0. The van der Waals surface area contributed by atoms with E-state index in [2.05, 4.69) is 0 Å². The normalized spacial score (nSPS) is 12.2. The SMILES string of the molecule is Cc1cccc(OCC(O)c2cccc(F)c2F)c1C. The molecule has 0 spiro atoms. The average Bonchev–Trinajstić information content (AvgIpc) is 2.43. The van der Waals surface area contributed by atoms with E-state index in [1.165, 1.54) is 12.1 Å². The molecule has 0 amide bonds. The lowest BCUT2D eigenvalue weighted by Gasteiger charge is -2.15. The van der Waals surface area contributed by atoms with Crippen LogP contribution in [0.5, 0.6) is 5.75 Å². The first-order valence-electron chi connectivity index (χ1n) is 6.31. The van der Waals surface area contributed by atoms with Gasteiger partial charge in [0.05, 0.1) is 0 Å². The summed E-state index contributed by atoms with van der Waals surface area (Å²) in [6.07, 6.45) is -1.22. The predicted molar refractivity (Wildman–Crippen MR) is 72.7 cm³/mol. The van der Waals surface area contributed by atoms with Crippen molar-refractivity contribution in [3.63, 3.8) is 0 Å². The number of hydrogen-bond acceptors (Lipinski definition) is 2. The standard InChI is InChI=1S/C16H16F2O2/c1-10-5-3-8-15(11(10)2)20-9-14(19)12-6-4-7-13(17)16(12)18/h3-8,14,19H,9H2,1-2H3. The number of hydrogen-bond donors (Lipinski definition) is 1. The van der Waals surface area contributed by atoms with Gasteiger partial charge in [-0.05, 0) is 37.1 Å². The molecular formula is C16H16F2O2. The summed E-state index contributed by atoms with van der Waals surface area (Å²) in [5.74, 6) is -1.39. The summed E-state index contributed by atoms with van der Waals surface area (Å²) in [5, 5.41) is 9.92. The molecule has 2 aromatic rings. The van der Waals surface area contributed by atoms with Crippen molar-refractivity contribution in [2.75, 3.05) is 6.61 Å². The lowest BCUT2D eigenvalue weighted by atomic mass is 10.1. The van der Waals surface area contributed by atoms with Gasteiger partial charge in [0.2, 0.25) is 0 Å². The monoisotopic (exact) mass is 278 g/mol. The Morgan fingerprint density at radius 1 is 1.10 bits per heavy atom. The number of benzene rings is 2. The number of aryl methyl sites for hydroxylation is 1. The molecule has 1 N–H and O–H groups in total. The Bertz CT molecular complexity index is 611. The van der Waals surface area contributed by atoms with Crippen LogP contribution in [0.1, 0.15) is 22.8 Å². The molecule has 0 heterocycles. The van der Waals surface area contributed by atoms with E-state index in [1.807, 2.05) is 26.0 Å². The molecule has 1 unspecified atom stereocenters. The Morgan fingerprint density at radius 3 is 2.55 bits per heavy atom. The molecule has 0 saturated heterocycles. The van der Waals surface area contributed by atoms with Gasteiger partial charge < -0.3 is 9.84 Å². The quantitative estimate of drug-likeness (QED) is 0.924. The first kappa shape index (κ1) is 14.5. The highest BCUT2D eigenvalue weighted by molar-refractivity contribution is 5.38. The maximum Gasteiger partial charge on any atom is 0.164 e. The first-order chi connectivity index (χ1) is 9.50. The fraction of sp³-hybridized carbons (Fsp3) is 0.250. The summed E-state index contributed by atoms with van der Waals surface area (Å²) >= 11 is 0. The number of aliphatic hydroxyl groups excluding tert-OH is 1. The zero-order valence-corrected chi connectivity index (χ0v) is 11.4. The van der Waals surface area contributed by atoms with Crippen molar-refractivity contribution in [1.29, 1.82) is 0 Å². The predicted octanol–water partition coefficient (Wildman–Crippen LogP) is 3.69. The van der Waals surface area contributed by atoms with Crippen LogP contribution in [-0.2, 0) is 0 Å². The van der Waals surface area contributed by atoms with Crippen LogP contribution in [0.3, 0.4) is 0 Å². The molecule has 0 aromatic heterocycles. The van der Waals surface area contributed by atoms with E-state index < -0.39 is 17.7 Å². The molecule has 0 aliphatic carbocycles. The van der Waals surface area contributed by atoms with Gasteiger partial charge in [-0.3, -0.25) is 0 Å². The number of rotatable bonds is 4. The van der Waals surface area contributed by atoms with E-state index in [4.69, 9.17) is 4.74 Å². The number of ether oxygens (including phenoxy) is 1. The largest absolute Gasteiger partial charge is 0.490 e.